The van der Waals surface area contributed by atoms with Crippen molar-refractivity contribution in [2.75, 3.05) is 27.4 Å². The Morgan fingerprint density at radius 1 is 1.04 bits per heavy atom. The minimum Gasteiger partial charge on any atom is -0.490 e. The number of aliphatic hydroxyl groups excluding tert-OH is 2. The Labute approximate surface area is 287 Å². The molecular weight excluding hydrogens is 616 g/mol. The van der Waals surface area contributed by atoms with Gasteiger partial charge in [0, 0.05) is 30.8 Å². The van der Waals surface area contributed by atoms with Gasteiger partial charge >= 0.3 is 5.97 Å². The molecule has 3 fully saturated rings. The minimum atomic E-state index is -1.32. The van der Waals surface area contributed by atoms with Gasteiger partial charge in [0.15, 0.2) is 5.79 Å². The molecule has 4 aliphatic rings. The van der Waals surface area contributed by atoms with Crippen LogP contribution in [-0.4, -0.2) is 96.7 Å². The van der Waals surface area contributed by atoms with Crippen molar-refractivity contribution in [1.82, 2.24) is 0 Å². The Bertz CT molecular complexity index is 1260. The molecule has 10 heteroatoms. The summed E-state index contributed by atoms with van der Waals surface area (Å²) in [5.74, 6) is -3.89. The molecule has 0 amide bonds. The predicted octanol–water partition coefficient (Wildman–Crippen LogP) is 4.73. The van der Waals surface area contributed by atoms with Crippen molar-refractivity contribution in [3.8, 4) is 0 Å². The van der Waals surface area contributed by atoms with E-state index < -0.39 is 59.5 Å². The zero-order valence-corrected chi connectivity index (χ0v) is 30.7. The van der Waals surface area contributed by atoms with Gasteiger partial charge in [-0.25, -0.2) is 4.79 Å². The topological polar surface area (TPSA) is 133 Å². The molecule has 0 saturated carbocycles. The van der Waals surface area contributed by atoms with Crippen molar-refractivity contribution in [1.29, 1.82) is 0 Å². The van der Waals surface area contributed by atoms with Crippen molar-refractivity contribution in [3.63, 3.8) is 0 Å². The lowest BCUT2D eigenvalue weighted by Crippen LogP contribution is -2.64. The van der Waals surface area contributed by atoms with Crippen LogP contribution in [0.2, 0.25) is 0 Å². The first-order valence-corrected chi connectivity index (χ1v) is 17.5. The highest BCUT2D eigenvalue weighted by molar-refractivity contribution is 5.87. The number of esters is 1. The molecule has 0 unspecified atom stereocenters. The standard InChI is InChI=1S/C38H60O10/c1-20(2)32-26(8)34-35-37(42,18-45-34)19-46-38(35,48-32)27(9)31(40)25(7)33-28(43-10)14-12-13-21(3)15-23(5)30(39)24(6)16-22(4)17-29(44-11)36(41)47-33/h12-14,16-17,20,23-28,30-35,39-40,42H,15,18-19H2,1-11H3/b14-12+,21-13+,22-16+,29-17-/t23-,24+,25-,26+,27-,28-,30-,31+,32-,33+,34-,35+,37-,38+/m0/s1. The van der Waals surface area contributed by atoms with Gasteiger partial charge in [0.2, 0.25) is 5.76 Å². The van der Waals surface area contributed by atoms with Gasteiger partial charge in [-0.3, -0.25) is 0 Å². The molecule has 0 radical (unpaired) electrons. The summed E-state index contributed by atoms with van der Waals surface area (Å²) in [6, 6.07) is 0. The fourth-order valence-corrected chi connectivity index (χ4v) is 8.51. The van der Waals surface area contributed by atoms with E-state index in [0.717, 1.165) is 11.1 Å². The van der Waals surface area contributed by atoms with Gasteiger partial charge in [0.25, 0.3) is 0 Å². The molecule has 0 aromatic rings. The smallest absolute Gasteiger partial charge is 0.373 e. The van der Waals surface area contributed by atoms with Crippen LogP contribution < -0.4 is 0 Å². The van der Waals surface area contributed by atoms with Gasteiger partial charge in [-0.15, -0.1) is 0 Å². The normalized spacial score (nSPS) is 45.4. The Balaban J connectivity index is 1.72. The quantitative estimate of drug-likeness (QED) is 0.325. The molecule has 0 aromatic carbocycles. The second-order valence-corrected chi connectivity index (χ2v) is 15.3. The second-order valence-electron chi connectivity index (χ2n) is 15.3. The first-order chi connectivity index (χ1) is 22.5. The largest absolute Gasteiger partial charge is 0.490 e. The summed E-state index contributed by atoms with van der Waals surface area (Å²) in [5.41, 5.74) is 0.583. The highest BCUT2D eigenvalue weighted by atomic mass is 16.7. The van der Waals surface area contributed by atoms with Crippen molar-refractivity contribution >= 4 is 5.97 Å². The third kappa shape index (κ3) is 7.50. The van der Waals surface area contributed by atoms with Crippen LogP contribution in [0.4, 0.5) is 0 Å². The second kappa shape index (κ2) is 15.5. The first-order valence-electron chi connectivity index (χ1n) is 17.5. The number of hydrogen-bond donors (Lipinski definition) is 3. The molecule has 48 heavy (non-hydrogen) atoms. The lowest BCUT2D eigenvalue weighted by molar-refractivity contribution is -0.346. The molecule has 4 aliphatic heterocycles. The third-order valence-electron chi connectivity index (χ3n) is 11.2. The molecule has 272 valence electrons. The third-order valence-corrected chi connectivity index (χ3v) is 11.2. The fraction of sp³-hybridized carbons (Fsp3) is 0.763. The van der Waals surface area contributed by atoms with Gasteiger partial charge in [-0.2, -0.15) is 0 Å². The van der Waals surface area contributed by atoms with E-state index in [4.69, 9.17) is 28.4 Å². The van der Waals surface area contributed by atoms with Crippen LogP contribution >= 0.6 is 0 Å². The maximum Gasteiger partial charge on any atom is 0.373 e. The first kappa shape index (κ1) is 38.7. The summed E-state index contributed by atoms with van der Waals surface area (Å²) in [6.45, 7) is 17.9. The monoisotopic (exact) mass is 676 g/mol. The lowest BCUT2D eigenvalue weighted by Gasteiger charge is -2.53. The number of allylic oxidation sites excluding steroid dienone is 5. The highest BCUT2D eigenvalue weighted by Crippen LogP contribution is 2.58. The SMILES string of the molecule is CO/C1=C\C(C)=C\[C@@H](C)[C@@H](O)[C@@H](C)C/C(C)=C/C=C/[C@H](OC)[C@@H]([C@@H](C)[C@@H](O)[C@H](C)[C@@]23OC[C@@]4(O)CO[C@@H]([C@H](C)[C@H](C(C)C)O2)[C@H]43)OC1=O. The van der Waals surface area contributed by atoms with Gasteiger partial charge in [-0.1, -0.05) is 83.9 Å². The van der Waals surface area contributed by atoms with Crippen LogP contribution in [0.5, 0.6) is 0 Å². The molecule has 0 aliphatic carbocycles. The van der Waals surface area contributed by atoms with E-state index in [1.807, 2.05) is 65.8 Å². The van der Waals surface area contributed by atoms with Crippen molar-refractivity contribution in [3.05, 3.63) is 47.3 Å². The van der Waals surface area contributed by atoms with E-state index in [2.05, 4.69) is 20.8 Å². The van der Waals surface area contributed by atoms with E-state index in [1.54, 1.807) is 6.08 Å². The lowest BCUT2D eigenvalue weighted by atomic mass is 9.68. The molecule has 0 spiro atoms. The molecule has 0 aromatic heterocycles. The predicted molar refractivity (Wildman–Crippen MR) is 181 cm³/mol. The molecule has 0 bridgehead atoms. The number of aliphatic hydroxyl groups is 3. The van der Waals surface area contributed by atoms with Crippen LogP contribution in [0.25, 0.3) is 0 Å². The summed E-state index contributed by atoms with van der Waals surface area (Å²) in [4.78, 5) is 13.7. The maximum atomic E-state index is 13.7. The maximum absolute atomic E-state index is 13.7. The molecule has 3 saturated heterocycles. The Hall–Kier alpha value is -2.05. The van der Waals surface area contributed by atoms with Gasteiger partial charge < -0.3 is 43.7 Å². The van der Waals surface area contributed by atoms with Gasteiger partial charge in [0.1, 0.15) is 17.8 Å². The number of rotatable bonds is 7. The van der Waals surface area contributed by atoms with E-state index in [0.29, 0.717) is 6.42 Å². The number of hydrogen-bond acceptors (Lipinski definition) is 10. The summed E-state index contributed by atoms with van der Waals surface area (Å²) in [7, 11) is 2.94. The average molecular weight is 677 g/mol. The molecule has 10 nitrogen and oxygen atoms in total. The fourth-order valence-electron chi connectivity index (χ4n) is 8.51. The van der Waals surface area contributed by atoms with Gasteiger partial charge in [-0.05, 0) is 38.2 Å². The number of carbonyl (C=O) groups excluding carboxylic acids is 1. The molecule has 3 N–H and O–H groups in total. The summed E-state index contributed by atoms with van der Waals surface area (Å²) >= 11 is 0. The highest BCUT2D eigenvalue weighted by Gasteiger charge is 2.72. The summed E-state index contributed by atoms with van der Waals surface area (Å²) in [5, 5.41) is 34.8. The summed E-state index contributed by atoms with van der Waals surface area (Å²) < 4.78 is 37.0. The summed E-state index contributed by atoms with van der Waals surface area (Å²) in [6.07, 6.45) is 5.94. The zero-order valence-electron chi connectivity index (χ0n) is 30.7. The van der Waals surface area contributed by atoms with Crippen LogP contribution in [0.15, 0.2) is 47.3 Å². The van der Waals surface area contributed by atoms with Crippen molar-refractivity contribution in [2.24, 2.45) is 41.4 Å². The van der Waals surface area contributed by atoms with E-state index in [-0.39, 0.29) is 54.9 Å². The Morgan fingerprint density at radius 3 is 2.35 bits per heavy atom. The number of carbonyl (C=O) groups is 1. The molecular formula is C38H60O10. The van der Waals surface area contributed by atoms with Crippen LogP contribution in [0, 0.1) is 41.4 Å². The average Bonchev–Trinajstić information content (AvgIpc) is 3.55. The number of ether oxygens (including phenoxy) is 6. The Morgan fingerprint density at radius 2 is 1.73 bits per heavy atom. The van der Waals surface area contributed by atoms with Crippen LogP contribution in [0.1, 0.15) is 68.7 Å². The van der Waals surface area contributed by atoms with E-state index in [9.17, 15) is 20.1 Å². The van der Waals surface area contributed by atoms with Crippen molar-refractivity contribution in [2.45, 2.75) is 117 Å². The molecule has 4 rings (SSSR count). The minimum absolute atomic E-state index is 0.0000592. The zero-order chi connectivity index (χ0) is 35.7. The van der Waals surface area contributed by atoms with Crippen LogP contribution in [-0.2, 0) is 33.2 Å². The molecule has 4 heterocycles. The van der Waals surface area contributed by atoms with E-state index >= 15 is 0 Å². The molecule has 14 atom stereocenters. The number of methoxy groups -OCH3 is 2. The van der Waals surface area contributed by atoms with E-state index in [1.165, 1.54) is 14.2 Å². The van der Waals surface area contributed by atoms with Crippen LogP contribution in [0.3, 0.4) is 0 Å². The van der Waals surface area contributed by atoms with Crippen molar-refractivity contribution < 1.29 is 48.5 Å². The number of cyclic esters (lactones) is 1. The van der Waals surface area contributed by atoms with Gasteiger partial charge in [0.05, 0.1) is 50.7 Å². The Kier molecular flexibility index (Phi) is 12.5.